The van der Waals surface area contributed by atoms with Gasteiger partial charge in [-0.15, -0.1) is 0 Å². The first-order valence-corrected chi connectivity index (χ1v) is 24.0. The smallest absolute Gasteiger partial charge is 0.335 e. The maximum atomic E-state index is 12.2. The second-order valence-corrected chi connectivity index (χ2v) is 14.9. The molecule has 0 unspecified atom stereocenters. The van der Waals surface area contributed by atoms with Crippen LogP contribution in [0.5, 0.6) is 5.75 Å². The first-order chi connectivity index (χ1) is 33.4. The highest BCUT2D eigenvalue weighted by Crippen LogP contribution is 2.14. The average Bonchev–Trinajstić information content (AvgIpc) is 3.33. The second kappa shape index (κ2) is 49.7. The SMILES string of the molecule is [N-]=[N+]=NCCOCCOCCOCCOCCOCCOCCOCCOCCOCCOCCOCCNC(=O)CC[C@H](NCCCCCCCCCCOc1ccc(C(=O)O)cc1)C(=O)O. The van der Waals surface area contributed by atoms with Crippen LogP contribution in [-0.4, -0.2) is 206 Å². The lowest BCUT2D eigenvalue weighted by Gasteiger charge is -2.14. The predicted molar refractivity (Wildman–Crippen MR) is 251 cm³/mol. The number of aromatic carboxylic acids is 1. The lowest BCUT2D eigenvalue weighted by atomic mass is 10.1. The minimum Gasteiger partial charge on any atom is -0.494 e. The first-order valence-electron chi connectivity index (χ1n) is 24.0. The van der Waals surface area contributed by atoms with Gasteiger partial charge in [-0.05, 0) is 55.6 Å². The van der Waals surface area contributed by atoms with E-state index < -0.39 is 18.0 Å². The Kier molecular flexibility index (Phi) is 45.5. The monoisotopic (exact) mass is 976 g/mol. The van der Waals surface area contributed by atoms with Crippen molar-refractivity contribution < 1.29 is 81.4 Å². The third-order valence-corrected chi connectivity index (χ3v) is 9.48. The Labute approximate surface area is 402 Å². The molecule has 0 saturated carbocycles. The molecule has 0 spiro atoms. The summed E-state index contributed by atoms with van der Waals surface area (Å²) in [7, 11) is 0. The van der Waals surface area contributed by atoms with Gasteiger partial charge >= 0.3 is 11.9 Å². The number of hydrogen-bond donors (Lipinski definition) is 4. The molecule has 0 aliphatic carbocycles. The van der Waals surface area contributed by atoms with Gasteiger partial charge in [0.2, 0.25) is 5.91 Å². The number of carbonyl (C=O) groups is 3. The summed E-state index contributed by atoms with van der Waals surface area (Å²) in [6, 6.07) is 5.65. The number of carboxylic acids is 2. The van der Waals surface area contributed by atoms with Crippen molar-refractivity contribution in [1.82, 2.24) is 10.6 Å². The van der Waals surface area contributed by atoms with Gasteiger partial charge in [0.15, 0.2) is 0 Å². The van der Waals surface area contributed by atoms with Crippen LogP contribution in [0.15, 0.2) is 29.4 Å². The minimum atomic E-state index is -0.959. The van der Waals surface area contributed by atoms with Crippen LogP contribution in [0.4, 0.5) is 0 Å². The van der Waals surface area contributed by atoms with E-state index in [9.17, 15) is 19.5 Å². The minimum absolute atomic E-state index is 0.112. The Balaban J connectivity index is 1.75. The highest BCUT2D eigenvalue weighted by atomic mass is 16.6. The Morgan fingerprint density at radius 3 is 1.28 bits per heavy atom. The molecule has 1 rings (SSSR count). The number of nitrogens with zero attached hydrogens (tertiary/aromatic N) is 3. The summed E-state index contributed by atoms with van der Waals surface area (Å²) in [5.74, 6) is -1.45. The van der Waals surface area contributed by atoms with E-state index in [0.29, 0.717) is 177 Å². The molecule has 1 atom stereocenters. The van der Waals surface area contributed by atoms with Crippen LogP contribution in [-0.2, 0) is 61.7 Å². The molecule has 1 aromatic rings. The van der Waals surface area contributed by atoms with E-state index >= 15 is 0 Å². The fourth-order valence-electron chi connectivity index (χ4n) is 5.84. The topological polar surface area (TPSA) is 275 Å². The summed E-state index contributed by atoms with van der Waals surface area (Å²) < 4.78 is 65.6. The van der Waals surface area contributed by atoms with Crippen LogP contribution >= 0.6 is 0 Å². The second-order valence-electron chi connectivity index (χ2n) is 14.9. The third-order valence-electron chi connectivity index (χ3n) is 9.48. The molecule has 0 aliphatic heterocycles. The molecular weight excluding hydrogens is 895 g/mol. The van der Waals surface area contributed by atoms with Gasteiger partial charge in [-0.1, -0.05) is 43.6 Å². The molecule has 22 heteroatoms. The van der Waals surface area contributed by atoms with Gasteiger partial charge in [0.25, 0.3) is 0 Å². The van der Waals surface area contributed by atoms with E-state index in [1.807, 2.05) is 0 Å². The standard InChI is InChI=1S/C46H81N5O17/c47-51-50-17-20-58-22-24-60-26-28-62-30-32-64-34-36-66-38-40-67-39-37-65-35-33-63-31-29-61-27-25-59-23-21-57-19-16-49-44(52)14-13-43(46(55)56)48-15-7-5-3-1-2-4-6-8-18-68-42-11-9-41(10-12-42)45(53)54/h9-12,43,48H,1-8,13-40H2,(H,49,52)(H,53,54)(H,55,56)/t43-/m0/s1. The molecule has 392 valence electrons. The number of carboxylic acid groups (broad SMARTS) is 2. The Morgan fingerprint density at radius 1 is 0.500 bits per heavy atom. The zero-order chi connectivity index (χ0) is 49.1. The van der Waals surface area contributed by atoms with Crippen molar-refractivity contribution >= 4 is 17.8 Å². The highest BCUT2D eigenvalue weighted by molar-refractivity contribution is 5.87. The fourth-order valence-corrected chi connectivity index (χ4v) is 5.84. The predicted octanol–water partition coefficient (Wildman–Crippen LogP) is 4.32. The number of ether oxygens (including phenoxy) is 12. The van der Waals surface area contributed by atoms with Crippen molar-refractivity contribution in [2.24, 2.45) is 5.11 Å². The summed E-state index contributed by atoms with van der Waals surface area (Å²) in [6.45, 7) is 11.6. The Hall–Kier alpha value is -3.74. The normalized spacial score (nSPS) is 11.6. The zero-order valence-electron chi connectivity index (χ0n) is 40.2. The number of nitrogens with one attached hydrogen (secondary N) is 2. The van der Waals surface area contributed by atoms with Gasteiger partial charge in [-0.25, -0.2) is 4.79 Å². The van der Waals surface area contributed by atoms with E-state index in [1.165, 1.54) is 12.1 Å². The Bertz CT molecular complexity index is 1360. The molecule has 4 N–H and O–H groups in total. The van der Waals surface area contributed by atoms with Crippen LogP contribution in [0.25, 0.3) is 10.4 Å². The fraction of sp³-hybridized carbons (Fsp3) is 0.804. The molecule has 1 aromatic carbocycles. The number of benzene rings is 1. The lowest BCUT2D eigenvalue weighted by Crippen LogP contribution is -2.38. The van der Waals surface area contributed by atoms with Gasteiger partial charge < -0.3 is 77.7 Å². The van der Waals surface area contributed by atoms with E-state index in [1.54, 1.807) is 12.1 Å². The molecule has 0 fully saturated rings. The number of aliphatic carboxylic acids is 1. The molecule has 0 aliphatic rings. The van der Waals surface area contributed by atoms with Crippen molar-refractivity contribution in [3.63, 3.8) is 0 Å². The summed E-state index contributed by atoms with van der Waals surface area (Å²) in [5, 5.41) is 27.7. The van der Waals surface area contributed by atoms with E-state index in [0.717, 1.165) is 51.4 Å². The van der Waals surface area contributed by atoms with Crippen LogP contribution in [0.3, 0.4) is 0 Å². The summed E-state index contributed by atoms with van der Waals surface area (Å²) in [6.07, 6.45) is 8.69. The van der Waals surface area contributed by atoms with Crippen molar-refractivity contribution in [3.05, 3.63) is 40.3 Å². The molecule has 68 heavy (non-hydrogen) atoms. The largest absolute Gasteiger partial charge is 0.494 e. The molecule has 0 aromatic heterocycles. The molecule has 0 bridgehead atoms. The van der Waals surface area contributed by atoms with Gasteiger partial charge in [0.05, 0.1) is 158 Å². The number of amides is 1. The number of hydrogen-bond acceptors (Lipinski definition) is 17. The molecule has 0 radical (unpaired) electrons. The number of unbranched alkanes of at least 4 members (excludes halogenated alkanes) is 7. The zero-order valence-corrected chi connectivity index (χ0v) is 40.2. The molecular formula is C46H81N5O17. The number of azide groups is 1. The highest BCUT2D eigenvalue weighted by Gasteiger charge is 2.17. The van der Waals surface area contributed by atoms with Gasteiger partial charge in [0, 0.05) is 24.4 Å². The number of carbonyl (C=O) groups excluding carboxylic acids is 1. The van der Waals surface area contributed by atoms with Gasteiger partial charge in [0.1, 0.15) is 11.8 Å². The molecule has 22 nitrogen and oxygen atoms in total. The quantitative estimate of drug-likeness (QED) is 0.0306. The van der Waals surface area contributed by atoms with E-state index in [-0.39, 0.29) is 24.3 Å². The summed E-state index contributed by atoms with van der Waals surface area (Å²) in [5.41, 5.74) is 8.40. The van der Waals surface area contributed by atoms with Crippen molar-refractivity contribution in [3.8, 4) is 5.75 Å². The maximum Gasteiger partial charge on any atom is 0.335 e. The van der Waals surface area contributed by atoms with Crippen LogP contribution < -0.4 is 15.4 Å². The van der Waals surface area contributed by atoms with Crippen LogP contribution in [0.1, 0.15) is 74.6 Å². The first kappa shape index (κ1) is 62.3. The van der Waals surface area contributed by atoms with Crippen molar-refractivity contribution in [1.29, 1.82) is 0 Å². The molecule has 1 amide bonds. The van der Waals surface area contributed by atoms with Gasteiger partial charge in [-0.2, -0.15) is 0 Å². The van der Waals surface area contributed by atoms with E-state index in [2.05, 4.69) is 20.7 Å². The van der Waals surface area contributed by atoms with Gasteiger partial charge in [-0.3, -0.25) is 9.59 Å². The Morgan fingerprint density at radius 2 is 0.882 bits per heavy atom. The summed E-state index contributed by atoms with van der Waals surface area (Å²) in [4.78, 5) is 37.5. The van der Waals surface area contributed by atoms with Crippen molar-refractivity contribution in [2.45, 2.75) is 70.3 Å². The maximum absolute atomic E-state index is 12.2. The third kappa shape index (κ3) is 43.5. The average molecular weight is 976 g/mol. The van der Waals surface area contributed by atoms with Crippen molar-refractivity contribution in [2.75, 3.05) is 172 Å². The lowest BCUT2D eigenvalue weighted by molar-refractivity contribution is -0.139. The van der Waals surface area contributed by atoms with Crippen LogP contribution in [0.2, 0.25) is 0 Å². The number of rotatable bonds is 54. The molecule has 0 saturated heterocycles. The van der Waals surface area contributed by atoms with E-state index in [4.69, 9.17) is 67.5 Å². The summed E-state index contributed by atoms with van der Waals surface area (Å²) >= 11 is 0. The van der Waals surface area contributed by atoms with Crippen LogP contribution in [0, 0.1) is 0 Å². The molecule has 0 heterocycles.